The summed E-state index contributed by atoms with van der Waals surface area (Å²) >= 11 is 0. The fourth-order valence-corrected chi connectivity index (χ4v) is 2.72. The summed E-state index contributed by atoms with van der Waals surface area (Å²) < 4.78 is 48.8. The van der Waals surface area contributed by atoms with Crippen molar-refractivity contribution in [3.8, 4) is 0 Å². The van der Waals surface area contributed by atoms with Gasteiger partial charge in [-0.15, -0.1) is 0 Å². The molecule has 1 aromatic heterocycles. The number of rotatable bonds is 4. The molecule has 3 rings (SSSR count). The molecule has 0 saturated carbocycles. The zero-order valence-corrected chi connectivity index (χ0v) is 13.2. The Morgan fingerprint density at radius 1 is 1.25 bits per heavy atom. The van der Waals surface area contributed by atoms with Crippen LogP contribution in [0.3, 0.4) is 0 Å². The van der Waals surface area contributed by atoms with Crippen molar-refractivity contribution in [3.05, 3.63) is 41.0 Å². The van der Waals surface area contributed by atoms with Gasteiger partial charge in [-0.25, -0.2) is 0 Å². The average molecular weight is 341 g/mol. The van der Waals surface area contributed by atoms with Crippen LogP contribution in [0.4, 0.5) is 18.9 Å². The number of hydrogen-bond acceptors (Lipinski definition) is 5. The van der Waals surface area contributed by atoms with E-state index < -0.39 is 11.7 Å². The van der Waals surface area contributed by atoms with Gasteiger partial charge in [0.25, 0.3) is 0 Å². The summed E-state index contributed by atoms with van der Waals surface area (Å²) in [5.41, 5.74) is 0.121. The topological polar surface area (TPSA) is 60.2 Å². The summed E-state index contributed by atoms with van der Waals surface area (Å²) in [4.78, 5) is 4.35. The predicted molar refractivity (Wildman–Crippen MR) is 80.6 cm³/mol. The third-order valence-corrected chi connectivity index (χ3v) is 4.04. The predicted octanol–water partition coefficient (Wildman–Crippen LogP) is 3.90. The minimum absolute atomic E-state index is 0.170. The molecular weight excluding hydrogens is 323 g/mol. The standard InChI is InChI=1S/C16H18F3N3O2/c1-10-8-12(2-3-13(10)16(17,18)19)20-9-14-21-15(24-22-14)11-4-6-23-7-5-11/h2-3,8,11,20H,4-7,9H2,1H3. The first kappa shape index (κ1) is 16.8. The van der Waals surface area contributed by atoms with Gasteiger partial charge in [-0.2, -0.15) is 18.2 Å². The lowest BCUT2D eigenvalue weighted by Gasteiger charge is -2.17. The molecule has 1 aliphatic rings. The van der Waals surface area contributed by atoms with Crippen LogP contribution in [0.1, 0.15) is 41.6 Å². The van der Waals surface area contributed by atoms with Crippen molar-refractivity contribution in [2.45, 2.75) is 38.4 Å². The van der Waals surface area contributed by atoms with Gasteiger partial charge in [-0.1, -0.05) is 5.16 Å². The Kier molecular flexibility index (Phi) is 4.75. The number of aryl methyl sites for hydroxylation is 1. The minimum atomic E-state index is -4.34. The Hall–Kier alpha value is -2.09. The number of anilines is 1. The molecule has 5 nitrogen and oxygen atoms in total. The summed E-state index contributed by atoms with van der Waals surface area (Å²) in [5.74, 6) is 1.29. The van der Waals surface area contributed by atoms with E-state index in [1.54, 1.807) is 0 Å². The third kappa shape index (κ3) is 3.87. The van der Waals surface area contributed by atoms with Gasteiger partial charge in [0.1, 0.15) is 0 Å². The van der Waals surface area contributed by atoms with Crippen LogP contribution in [-0.4, -0.2) is 23.4 Å². The van der Waals surface area contributed by atoms with E-state index in [0.29, 0.717) is 30.6 Å². The molecule has 1 aliphatic heterocycles. The number of halogens is 3. The van der Waals surface area contributed by atoms with E-state index >= 15 is 0 Å². The first-order valence-electron chi connectivity index (χ1n) is 7.75. The monoisotopic (exact) mass is 341 g/mol. The fourth-order valence-electron chi connectivity index (χ4n) is 2.72. The maximum atomic E-state index is 12.7. The SMILES string of the molecule is Cc1cc(NCc2noc(C3CCOCC3)n2)ccc1C(F)(F)F. The molecular formula is C16H18F3N3O2. The molecule has 0 amide bonds. The second-order valence-electron chi connectivity index (χ2n) is 5.82. The molecule has 1 aromatic carbocycles. The van der Waals surface area contributed by atoms with Crippen LogP contribution in [-0.2, 0) is 17.5 Å². The number of ether oxygens (including phenoxy) is 1. The summed E-state index contributed by atoms with van der Waals surface area (Å²) in [6.45, 7) is 3.10. The van der Waals surface area contributed by atoms with Gasteiger partial charge in [0.05, 0.1) is 12.1 Å². The van der Waals surface area contributed by atoms with Crippen LogP contribution in [0.2, 0.25) is 0 Å². The van der Waals surface area contributed by atoms with E-state index in [0.717, 1.165) is 18.9 Å². The van der Waals surface area contributed by atoms with Crippen molar-refractivity contribution in [2.75, 3.05) is 18.5 Å². The highest BCUT2D eigenvalue weighted by molar-refractivity contribution is 5.49. The summed E-state index contributed by atoms with van der Waals surface area (Å²) in [7, 11) is 0. The molecule has 0 atom stereocenters. The molecule has 0 radical (unpaired) electrons. The normalized spacial score (nSPS) is 16.3. The summed E-state index contributed by atoms with van der Waals surface area (Å²) in [5, 5.41) is 6.94. The zero-order valence-electron chi connectivity index (χ0n) is 13.2. The minimum Gasteiger partial charge on any atom is -0.381 e. The van der Waals surface area contributed by atoms with Gasteiger partial charge in [-0.3, -0.25) is 0 Å². The van der Waals surface area contributed by atoms with E-state index in [9.17, 15) is 13.2 Å². The van der Waals surface area contributed by atoms with Gasteiger partial charge in [0.15, 0.2) is 5.82 Å². The van der Waals surface area contributed by atoms with Crippen molar-refractivity contribution < 1.29 is 22.4 Å². The first-order chi connectivity index (χ1) is 11.4. The highest BCUT2D eigenvalue weighted by Gasteiger charge is 2.32. The van der Waals surface area contributed by atoms with Crippen LogP contribution in [0, 0.1) is 6.92 Å². The zero-order chi connectivity index (χ0) is 17.2. The molecule has 0 bridgehead atoms. The maximum absolute atomic E-state index is 12.7. The van der Waals surface area contributed by atoms with Gasteiger partial charge < -0.3 is 14.6 Å². The Morgan fingerprint density at radius 3 is 2.67 bits per heavy atom. The Bertz CT molecular complexity index is 694. The van der Waals surface area contributed by atoms with Crippen LogP contribution in [0.15, 0.2) is 22.7 Å². The molecule has 2 aromatic rings. The third-order valence-electron chi connectivity index (χ3n) is 4.04. The van der Waals surface area contributed by atoms with Crippen LogP contribution in [0.25, 0.3) is 0 Å². The molecule has 2 heterocycles. The maximum Gasteiger partial charge on any atom is 0.416 e. The van der Waals surface area contributed by atoms with Gasteiger partial charge >= 0.3 is 6.18 Å². The van der Waals surface area contributed by atoms with Crippen molar-refractivity contribution in [2.24, 2.45) is 0 Å². The molecule has 24 heavy (non-hydrogen) atoms. The molecule has 1 saturated heterocycles. The molecule has 0 aliphatic carbocycles. The Morgan fingerprint density at radius 2 is 2.00 bits per heavy atom. The van der Waals surface area contributed by atoms with E-state index in [1.165, 1.54) is 19.1 Å². The van der Waals surface area contributed by atoms with Gasteiger partial charge in [0.2, 0.25) is 5.89 Å². The number of nitrogens with one attached hydrogen (secondary N) is 1. The number of aromatic nitrogens is 2. The van der Waals surface area contributed by atoms with Crippen LogP contribution in [0.5, 0.6) is 0 Å². The van der Waals surface area contributed by atoms with Crippen molar-refractivity contribution >= 4 is 5.69 Å². The van der Waals surface area contributed by atoms with Crippen molar-refractivity contribution in [3.63, 3.8) is 0 Å². The van der Waals surface area contributed by atoms with Gasteiger partial charge in [-0.05, 0) is 43.5 Å². The first-order valence-corrected chi connectivity index (χ1v) is 7.75. The number of benzene rings is 1. The fraction of sp³-hybridized carbons (Fsp3) is 0.500. The lowest BCUT2D eigenvalue weighted by atomic mass is 10.0. The second-order valence-corrected chi connectivity index (χ2v) is 5.82. The smallest absolute Gasteiger partial charge is 0.381 e. The van der Waals surface area contributed by atoms with Crippen molar-refractivity contribution in [1.82, 2.24) is 10.1 Å². The average Bonchev–Trinajstić information content (AvgIpc) is 3.01. The Balaban J connectivity index is 1.62. The number of nitrogens with zero attached hydrogens (tertiary/aromatic N) is 2. The molecule has 0 unspecified atom stereocenters. The quantitative estimate of drug-likeness (QED) is 0.914. The Labute approximate surface area is 137 Å². The molecule has 1 N–H and O–H groups in total. The second kappa shape index (κ2) is 6.80. The molecule has 130 valence electrons. The highest BCUT2D eigenvalue weighted by atomic mass is 19.4. The number of alkyl halides is 3. The lowest BCUT2D eigenvalue weighted by molar-refractivity contribution is -0.138. The van der Waals surface area contributed by atoms with Crippen LogP contribution >= 0.6 is 0 Å². The molecule has 8 heteroatoms. The van der Waals surface area contributed by atoms with E-state index in [4.69, 9.17) is 9.26 Å². The van der Waals surface area contributed by atoms with E-state index in [1.807, 2.05) is 0 Å². The van der Waals surface area contributed by atoms with Crippen molar-refractivity contribution in [1.29, 1.82) is 0 Å². The summed E-state index contributed by atoms with van der Waals surface area (Å²) in [6.07, 6.45) is -2.63. The van der Waals surface area contributed by atoms with E-state index in [-0.39, 0.29) is 18.0 Å². The van der Waals surface area contributed by atoms with E-state index in [2.05, 4.69) is 15.5 Å². The number of hydrogen-bond donors (Lipinski definition) is 1. The van der Waals surface area contributed by atoms with Gasteiger partial charge in [0, 0.05) is 24.8 Å². The molecule has 0 spiro atoms. The largest absolute Gasteiger partial charge is 0.416 e. The lowest BCUT2D eigenvalue weighted by Crippen LogP contribution is -2.14. The highest BCUT2D eigenvalue weighted by Crippen LogP contribution is 2.33. The summed E-state index contributed by atoms with van der Waals surface area (Å²) in [6, 6.07) is 3.93. The van der Waals surface area contributed by atoms with Crippen LogP contribution < -0.4 is 5.32 Å². The molecule has 1 fully saturated rings.